The highest BCUT2D eigenvalue weighted by Gasteiger charge is 2.21. The van der Waals surface area contributed by atoms with E-state index in [-0.39, 0.29) is 12.0 Å². The van der Waals surface area contributed by atoms with Gasteiger partial charge in [0.05, 0.1) is 6.61 Å². The van der Waals surface area contributed by atoms with E-state index >= 15 is 0 Å². The molecule has 0 aliphatic carbocycles. The quantitative estimate of drug-likeness (QED) is 0.941. The van der Waals surface area contributed by atoms with Gasteiger partial charge in [-0.15, -0.1) is 0 Å². The normalized spacial score (nSPS) is 18.5. The maximum atomic E-state index is 11.0. The molecule has 0 spiro atoms. The van der Waals surface area contributed by atoms with Crippen LogP contribution in [0.4, 0.5) is 0 Å². The average Bonchev–Trinajstić information content (AvgIpc) is 2.57. The first-order valence-corrected chi connectivity index (χ1v) is 8.38. The Morgan fingerprint density at radius 1 is 1.25 bits per heavy atom. The molecule has 0 radical (unpaired) electrons. The highest BCUT2D eigenvalue weighted by Crippen LogP contribution is 2.31. The zero-order chi connectivity index (χ0) is 16.9. The van der Waals surface area contributed by atoms with E-state index in [4.69, 9.17) is 10.5 Å². The number of carbonyl (C=O) groups excluding carboxylic acids is 1. The van der Waals surface area contributed by atoms with E-state index in [1.807, 2.05) is 18.2 Å². The number of carbonyl (C=O) groups is 1. The van der Waals surface area contributed by atoms with Crippen molar-refractivity contribution in [1.82, 2.24) is 4.90 Å². The fraction of sp³-hybridized carbons (Fsp3) is 0.350. The Labute approximate surface area is 143 Å². The second-order valence-electron chi connectivity index (χ2n) is 6.40. The second-order valence-corrected chi connectivity index (χ2v) is 6.40. The minimum absolute atomic E-state index is 0.0416. The summed E-state index contributed by atoms with van der Waals surface area (Å²) in [5.41, 5.74) is 10.1. The molecule has 1 heterocycles. The molecule has 2 aromatic rings. The average molecular weight is 324 g/mol. The van der Waals surface area contributed by atoms with Crippen LogP contribution in [-0.2, 0) is 22.5 Å². The van der Waals surface area contributed by atoms with E-state index in [0.29, 0.717) is 19.4 Å². The monoisotopic (exact) mass is 324 g/mol. The van der Waals surface area contributed by atoms with E-state index in [0.717, 1.165) is 18.7 Å². The summed E-state index contributed by atoms with van der Waals surface area (Å²) in [4.78, 5) is 13.3. The van der Waals surface area contributed by atoms with Gasteiger partial charge in [-0.05, 0) is 35.7 Å². The number of hydrogen-bond acceptors (Lipinski definition) is 3. The van der Waals surface area contributed by atoms with Crippen molar-refractivity contribution in [2.45, 2.75) is 25.5 Å². The second kappa shape index (κ2) is 7.60. The van der Waals surface area contributed by atoms with Crippen LogP contribution in [-0.4, -0.2) is 31.0 Å². The minimum Gasteiger partial charge on any atom is -0.370 e. The van der Waals surface area contributed by atoms with Crippen LogP contribution in [0.2, 0.25) is 0 Å². The number of nitrogens with two attached hydrogens (primary N) is 1. The molecule has 0 saturated heterocycles. The summed E-state index contributed by atoms with van der Waals surface area (Å²) in [6.07, 6.45) is 1.02. The first-order chi connectivity index (χ1) is 11.6. The number of fused-ring (bicyclic) bond motifs is 1. The first-order valence-electron chi connectivity index (χ1n) is 8.38. The van der Waals surface area contributed by atoms with Crippen molar-refractivity contribution in [1.29, 1.82) is 0 Å². The van der Waals surface area contributed by atoms with Crippen LogP contribution in [0, 0.1) is 0 Å². The van der Waals surface area contributed by atoms with Crippen molar-refractivity contribution in [3.8, 4) is 0 Å². The molecule has 4 nitrogen and oxygen atoms in total. The van der Waals surface area contributed by atoms with Crippen molar-refractivity contribution < 1.29 is 9.53 Å². The molecule has 1 aliphatic heterocycles. The Kier molecular flexibility index (Phi) is 5.28. The topological polar surface area (TPSA) is 55.6 Å². The van der Waals surface area contributed by atoms with E-state index in [2.05, 4.69) is 42.3 Å². The molecule has 2 N–H and O–H groups in total. The molecule has 0 saturated carbocycles. The fourth-order valence-corrected chi connectivity index (χ4v) is 3.16. The first kappa shape index (κ1) is 16.7. The number of rotatable bonds is 4. The largest absolute Gasteiger partial charge is 0.370 e. The van der Waals surface area contributed by atoms with Crippen molar-refractivity contribution in [3.05, 3.63) is 70.8 Å². The van der Waals surface area contributed by atoms with E-state index < -0.39 is 0 Å². The zero-order valence-electron chi connectivity index (χ0n) is 14.1. The van der Waals surface area contributed by atoms with Crippen LogP contribution < -0.4 is 5.73 Å². The maximum Gasteiger partial charge on any atom is 0.217 e. The predicted octanol–water partition coefficient (Wildman–Crippen LogP) is 2.66. The Morgan fingerprint density at radius 2 is 2.04 bits per heavy atom. The fourth-order valence-electron chi connectivity index (χ4n) is 3.16. The third-order valence-corrected chi connectivity index (χ3v) is 4.45. The van der Waals surface area contributed by atoms with Crippen LogP contribution >= 0.6 is 0 Å². The van der Waals surface area contributed by atoms with Crippen molar-refractivity contribution in [2.24, 2.45) is 5.73 Å². The Bertz CT molecular complexity index is 700. The smallest absolute Gasteiger partial charge is 0.217 e. The summed E-state index contributed by atoms with van der Waals surface area (Å²) in [7, 11) is 2.10. The summed E-state index contributed by atoms with van der Waals surface area (Å²) in [5, 5.41) is 0. The lowest BCUT2D eigenvalue weighted by Crippen LogP contribution is -2.28. The Balaban J connectivity index is 1.95. The van der Waals surface area contributed by atoms with Crippen LogP contribution in [0.15, 0.2) is 48.5 Å². The van der Waals surface area contributed by atoms with Gasteiger partial charge in [-0.2, -0.15) is 0 Å². The summed E-state index contributed by atoms with van der Waals surface area (Å²) in [6, 6.07) is 16.8. The minimum atomic E-state index is -0.260. The third kappa shape index (κ3) is 4.02. The zero-order valence-corrected chi connectivity index (χ0v) is 14.1. The standard InChI is InChI=1S/C20H24N2O2/c1-22-11-12-24-20(16-5-3-2-4-6-16)18-9-7-15(8-10-19(21)23)13-17(18)14-22/h2-7,9,13,20H,8,10-12,14H2,1H3,(H2,21,23). The number of nitrogens with zero attached hydrogens (tertiary/aromatic N) is 1. The summed E-state index contributed by atoms with van der Waals surface area (Å²) in [6.45, 7) is 2.49. The van der Waals surface area contributed by atoms with E-state index in [1.54, 1.807) is 0 Å². The Hall–Kier alpha value is -2.17. The van der Waals surface area contributed by atoms with Crippen LogP contribution in [0.25, 0.3) is 0 Å². The maximum absolute atomic E-state index is 11.0. The molecular weight excluding hydrogens is 300 g/mol. The van der Waals surface area contributed by atoms with Gasteiger partial charge in [0.15, 0.2) is 0 Å². The van der Waals surface area contributed by atoms with Gasteiger partial charge < -0.3 is 10.5 Å². The number of likely N-dealkylation sites (N-methyl/N-ethyl adjacent to an activating group) is 1. The molecule has 1 aliphatic rings. The van der Waals surface area contributed by atoms with Gasteiger partial charge in [0.25, 0.3) is 0 Å². The van der Waals surface area contributed by atoms with Gasteiger partial charge >= 0.3 is 0 Å². The lowest BCUT2D eigenvalue weighted by molar-refractivity contribution is -0.117. The van der Waals surface area contributed by atoms with Gasteiger partial charge in [-0.3, -0.25) is 9.69 Å². The third-order valence-electron chi connectivity index (χ3n) is 4.45. The van der Waals surface area contributed by atoms with E-state index in [1.165, 1.54) is 16.7 Å². The molecule has 0 bridgehead atoms. The molecular formula is C20H24N2O2. The Morgan fingerprint density at radius 3 is 2.79 bits per heavy atom. The van der Waals surface area contributed by atoms with Crippen molar-refractivity contribution in [3.63, 3.8) is 0 Å². The molecule has 2 aromatic carbocycles. The molecule has 4 heteroatoms. The van der Waals surface area contributed by atoms with Gasteiger partial charge in [0.1, 0.15) is 6.10 Å². The predicted molar refractivity (Wildman–Crippen MR) is 94.5 cm³/mol. The molecule has 1 amide bonds. The van der Waals surface area contributed by atoms with Gasteiger partial charge in [0, 0.05) is 19.5 Å². The molecule has 0 aromatic heterocycles. The summed E-state index contributed by atoms with van der Waals surface area (Å²) >= 11 is 0. The molecule has 1 unspecified atom stereocenters. The lowest BCUT2D eigenvalue weighted by Gasteiger charge is -2.29. The van der Waals surface area contributed by atoms with Crippen LogP contribution in [0.5, 0.6) is 0 Å². The van der Waals surface area contributed by atoms with Gasteiger partial charge in [-0.25, -0.2) is 0 Å². The summed E-state index contributed by atoms with van der Waals surface area (Å²) in [5.74, 6) is -0.260. The summed E-state index contributed by atoms with van der Waals surface area (Å²) < 4.78 is 6.19. The SMILES string of the molecule is CN1CCOC(c2ccccc2)c2ccc(CCC(N)=O)cc2C1. The molecule has 24 heavy (non-hydrogen) atoms. The number of primary amides is 1. The van der Waals surface area contributed by atoms with Gasteiger partial charge in [0.2, 0.25) is 5.91 Å². The number of benzene rings is 2. The van der Waals surface area contributed by atoms with Gasteiger partial charge in [-0.1, -0.05) is 48.5 Å². The number of hydrogen-bond donors (Lipinski definition) is 1. The molecule has 126 valence electrons. The highest BCUT2D eigenvalue weighted by atomic mass is 16.5. The van der Waals surface area contributed by atoms with Crippen LogP contribution in [0.1, 0.15) is 34.8 Å². The van der Waals surface area contributed by atoms with Crippen molar-refractivity contribution in [2.75, 3.05) is 20.2 Å². The van der Waals surface area contributed by atoms with E-state index in [9.17, 15) is 4.79 Å². The van der Waals surface area contributed by atoms with Crippen LogP contribution in [0.3, 0.4) is 0 Å². The highest BCUT2D eigenvalue weighted by molar-refractivity contribution is 5.74. The number of ether oxygens (including phenoxy) is 1. The van der Waals surface area contributed by atoms with Crippen molar-refractivity contribution >= 4 is 5.91 Å². The molecule has 0 fully saturated rings. The number of aryl methyl sites for hydroxylation is 1. The molecule has 1 atom stereocenters. The molecule has 3 rings (SSSR count). The number of amides is 1. The lowest BCUT2D eigenvalue weighted by atomic mass is 9.93.